The van der Waals surface area contributed by atoms with E-state index >= 15 is 0 Å². The minimum atomic E-state index is -0.577. The number of hydrogen-bond donors (Lipinski definition) is 1. The molecule has 6 nitrogen and oxygen atoms in total. The Bertz CT molecular complexity index is 576. The quantitative estimate of drug-likeness (QED) is 0.842. The number of carbonyl (C=O) groups is 1. The highest BCUT2D eigenvalue weighted by atomic mass is 16.3. The Hall–Kier alpha value is -1.94. The largest absolute Gasteiger partial charge is 0.390 e. The number of benzene rings is 1. The van der Waals surface area contributed by atoms with Crippen molar-refractivity contribution in [3.8, 4) is 6.07 Å². The number of hydrogen-bond acceptors (Lipinski definition) is 5. The number of nitriles is 1. The smallest absolute Gasteiger partial charge is 0.253 e. The molecule has 1 aromatic carbocycles. The van der Waals surface area contributed by atoms with Gasteiger partial charge in [-0.2, -0.15) is 5.26 Å². The van der Waals surface area contributed by atoms with Crippen molar-refractivity contribution in [3.63, 3.8) is 0 Å². The first-order valence-electron chi connectivity index (χ1n) is 7.84. The van der Waals surface area contributed by atoms with E-state index in [0.717, 1.165) is 26.2 Å². The molecular weight excluding hydrogens is 292 g/mol. The number of β-amino-alcohol motifs (C(OH)–C–C–N with tert-alkyl or cyclic N) is 1. The van der Waals surface area contributed by atoms with Crippen molar-refractivity contribution in [2.75, 3.05) is 53.4 Å². The van der Waals surface area contributed by atoms with E-state index in [1.165, 1.54) is 4.90 Å². The molecule has 6 heteroatoms. The lowest BCUT2D eigenvalue weighted by molar-refractivity contribution is 0.0501. The van der Waals surface area contributed by atoms with Crippen molar-refractivity contribution < 1.29 is 9.90 Å². The maximum atomic E-state index is 12.4. The zero-order chi connectivity index (χ0) is 16.8. The second kappa shape index (κ2) is 8.06. The van der Waals surface area contributed by atoms with Gasteiger partial charge < -0.3 is 14.9 Å². The molecular formula is C17H24N4O2. The summed E-state index contributed by atoms with van der Waals surface area (Å²) in [5.41, 5.74) is 0.931. The van der Waals surface area contributed by atoms with E-state index in [0.29, 0.717) is 17.7 Å². The van der Waals surface area contributed by atoms with Crippen molar-refractivity contribution in [1.82, 2.24) is 14.7 Å². The zero-order valence-corrected chi connectivity index (χ0v) is 13.8. The second-order valence-electron chi connectivity index (χ2n) is 6.14. The van der Waals surface area contributed by atoms with Crippen LogP contribution in [0.4, 0.5) is 0 Å². The summed E-state index contributed by atoms with van der Waals surface area (Å²) < 4.78 is 0. The Balaban J connectivity index is 1.86. The van der Waals surface area contributed by atoms with Gasteiger partial charge in [0, 0.05) is 51.9 Å². The van der Waals surface area contributed by atoms with Crippen LogP contribution in [0, 0.1) is 11.3 Å². The molecule has 0 saturated carbocycles. The molecule has 124 valence electrons. The Kier molecular flexibility index (Phi) is 6.11. The monoisotopic (exact) mass is 316 g/mol. The fourth-order valence-corrected chi connectivity index (χ4v) is 2.73. The third kappa shape index (κ3) is 5.03. The van der Waals surface area contributed by atoms with E-state index < -0.39 is 6.10 Å². The molecule has 1 atom stereocenters. The van der Waals surface area contributed by atoms with Crippen LogP contribution < -0.4 is 0 Å². The van der Waals surface area contributed by atoms with Gasteiger partial charge in [0.2, 0.25) is 0 Å². The molecule has 0 aromatic heterocycles. The lowest BCUT2D eigenvalue weighted by Gasteiger charge is -2.34. The van der Waals surface area contributed by atoms with E-state index in [1.807, 2.05) is 6.07 Å². The molecule has 2 rings (SSSR count). The normalized spacial score (nSPS) is 17.5. The summed E-state index contributed by atoms with van der Waals surface area (Å²) in [4.78, 5) is 18.4. The maximum absolute atomic E-state index is 12.4. The number of piperazine rings is 1. The summed E-state index contributed by atoms with van der Waals surface area (Å²) in [5, 5.41) is 19.1. The molecule has 1 amide bonds. The van der Waals surface area contributed by atoms with E-state index in [9.17, 15) is 9.90 Å². The molecule has 1 aliphatic rings. The Morgan fingerprint density at radius 3 is 2.74 bits per heavy atom. The molecule has 1 N–H and O–H groups in total. The number of aliphatic hydroxyl groups excluding tert-OH is 1. The molecule has 23 heavy (non-hydrogen) atoms. The van der Waals surface area contributed by atoms with Crippen molar-refractivity contribution >= 4 is 5.91 Å². The van der Waals surface area contributed by atoms with Crippen LogP contribution >= 0.6 is 0 Å². The summed E-state index contributed by atoms with van der Waals surface area (Å²) in [5.74, 6) is -0.181. The fourth-order valence-electron chi connectivity index (χ4n) is 2.73. The van der Waals surface area contributed by atoms with Crippen LogP contribution in [0.3, 0.4) is 0 Å². The number of aliphatic hydroxyl groups is 1. The summed E-state index contributed by atoms with van der Waals surface area (Å²) in [7, 11) is 3.77. The van der Waals surface area contributed by atoms with E-state index in [-0.39, 0.29) is 12.5 Å². The van der Waals surface area contributed by atoms with Crippen molar-refractivity contribution in [2.45, 2.75) is 6.10 Å². The van der Waals surface area contributed by atoms with Crippen LogP contribution in [0.5, 0.6) is 0 Å². The highest BCUT2D eigenvalue weighted by Gasteiger charge is 2.20. The van der Waals surface area contributed by atoms with Gasteiger partial charge in [-0.1, -0.05) is 6.07 Å². The summed E-state index contributed by atoms with van der Waals surface area (Å²) in [6.07, 6.45) is -0.577. The van der Waals surface area contributed by atoms with Crippen LogP contribution in [0.1, 0.15) is 15.9 Å². The standard InChI is InChI=1S/C17H24N4O2/c1-19-6-8-21(9-7-19)13-16(22)12-20(2)17(23)15-5-3-4-14(10-15)11-18/h3-5,10,16,22H,6-9,12-13H2,1-2H3. The first-order valence-corrected chi connectivity index (χ1v) is 7.84. The molecule has 1 fully saturated rings. The minimum Gasteiger partial charge on any atom is -0.390 e. The number of carbonyl (C=O) groups excluding carboxylic acids is 1. The van der Waals surface area contributed by atoms with Gasteiger partial charge in [0.05, 0.1) is 17.7 Å². The van der Waals surface area contributed by atoms with Gasteiger partial charge in [-0.3, -0.25) is 9.69 Å². The molecule has 1 unspecified atom stereocenters. The molecule has 1 aromatic rings. The fraction of sp³-hybridized carbons (Fsp3) is 0.529. The average molecular weight is 316 g/mol. The first kappa shape index (κ1) is 17.4. The van der Waals surface area contributed by atoms with Crippen LogP contribution in [-0.4, -0.2) is 85.2 Å². The van der Waals surface area contributed by atoms with Crippen LogP contribution in [0.25, 0.3) is 0 Å². The van der Waals surface area contributed by atoms with Crippen molar-refractivity contribution in [1.29, 1.82) is 5.26 Å². The number of likely N-dealkylation sites (N-methyl/N-ethyl adjacent to an activating group) is 2. The highest BCUT2D eigenvalue weighted by molar-refractivity contribution is 5.94. The molecule has 1 aliphatic heterocycles. The van der Waals surface area contributed by atoms with Crippen LogP contribution in [0.2, 0.25) is 0 Å². The molecule has 0 spiro atoms. The Morgan fingerprint density at radius 1 is 1.39 bits per heavy atom. The van der Waals surface area contributed by atoms with Gasteiger partial charge in [0.1, 0.15) is 0 Å². The molecule has 0 radical (unpaired) electrons. The average Bonchev–Trinajstić information content (AvgIpc) is 2.56. The lowest BCUT2D eigenvalue weighted by Crippen LogP contribution is -2.49. The molecule has 0 aliphatic carbocycles. The summed E-state index contributed by atoms with van der Waals surface area (Å²) >= 11 is 0. The molecule has 1 heterocycles. The summed E-state index contributed by atoms with van der Waals surface area (Å²) in [6, 6.07) is 8.65. The Labute approximate surface area is 137 Å². The van der Waals surface area contributed by atoms with Gasteiger partial charge in [-0.05, 0) is 25.2 Å². The van der Waals surface area contributed by atoms with Gasteiger partial charge in [-0.25, -0.2) is 0 Å². The number of rotatable bonds is 5. The van der Waals surface area contributed by atoms with Crippen molar-refractivity contribution in [2.24, 2.45) is 0 Å². The predicted octanol–water partition coefficient (Wildman–Crippen LogP) is 0.239. The number of amides is 1. The predicted molar refractivity (Wildman–Crippen MR) is 88.1 cm³/mol. The van der Waals surface area contributed by atoms with Gasteiger partial charge in [-0.15, -0.1) is 0 Å². The zero-order valence-electron chi connectivity index (χ0n) is 13.8. The van der Waals surface area contributed by atoms with Gasteiger partial charge in [0.25, 0.3) is 5.91 Å². The highest BCUT2D eigenvalue weighted by Crippen LogP contribution is 2.08. The van der Waals surface area contributed by atoms with E-state index in [2.05, 4.69) is 16.8 Å². The minimum absolute atomic E-state index is 0.181. The number of nitrogens with zero attached hydrogens (tertiary/aromatic N) is 4. The molecule has 0 bridgehead atoms. The topological polar surface area (TPSA) is 70.8 Å². The second-order valence-corrected chi connectivity index (χ2v) is 6.14. The maximum Gasteiger partial charge on any atom is 0.253 e. The van der Waals surface area contributed by atoms with Gasteiger partial charge >= 0.3 is 0 Å². The SMILES string of the molecule is CN1CCN(CC(O)CN(C)C(=O)c2cccc(C#N)c2)CC1. The van der Waals surface area contributed by atoms with Crippen LogP contribution in [-0.2, 0) is 0 Å². The Morgan fingerprint density at radius 2 is 2.09 bits per heavy atom. The van der Waals surface area contributed by atoms with E-state index in [4.69, 9.17) is 5.26 Å². The molecule has 1 saturated heterocycles. The van der Waals surface area contributed by atoms with Crippen LogP contribution in [0.15, 0.2) is 24.3 Å². The van der Waals surface area contributed by atoms with Crippen molar-refractivity contribution in [3.05, 3.63) is 35.4 Å². The lowest BCUT2D eigenvalue weighted by atomic mass is 10.1. The van der Waals surface area contributed by atoms with E-state index in [1.54, 1.807) is 31.3 Å². The van der Waals surface area contributed by atoms with Gasteiger partial charge in [0.15, 0.2) is 0 Å². The summed E-state index contributed by atoms with van der Waals surface area (Å²) in [6.45, 7) is 4.74. The third-order valence-electron chi connectivity index (χ3n) is 4.13. The third-order valence-corrected chi connectivity index (χ3v) is 4.13. The first-order chi connectivity index (χ1) is 11.0.